The number of fused-ring (bicyclic) bond motifs is 1. The quantitative estimate of drug-likeness (QED) is 0.193. The summed E-state index contributed by atoms with van der Waals surface area (Å²) in [4.78, 5) is 4.53. The zero-order chi connectivity index (χ0) is 13.7. The van der Waals surface area contributed by atoms with Gasteiger partial charge in [-0.2, -0.15) is 0 Å². The molecule has 5 nitrogen and oxygen atoms in total. The van der Waals surface area contributed by atoms with Gasteiger partial charge < -0.3 is 16.0 Å². The smallest absolute Gasteiger partial charge is 0.172 e. The lowest BCUT2D eigenvalue weighted by Gasteiger charge is -2.08. The van der Waals surface area contributed by atoms with Crippen LogP contribution in [-0.4, -0.2) is 33.5 Å². The number of hydrogen-bond acceptors (Lipinski definition) is 5. The predicted molar refractivity (Wildman–Crippen MR) is 76.7 cm³/mol. The Kier molecular flexibility index (Phi) is 4.59. The van der Waals surface area contributed by atoms with Gasteiger partial charge in [-0.3, -0.25) is 0 Å². The molecule has 1 heterocycles. The maximum Gasteiger partial charge on any atom is 0.172 e. The highest BCUT2D eigenvalue weighted by atomic mass is 32.2. The first-order valence-electron chi connectivity index (χ1n) is 5.87. The Morgan fingerprint density at radius 3 is 2.89 bits per heavy atom. The van der Waals surface area contributed by atoms with Crippen molar-refractivity contribution >= 4 is 28.5 Å². The normalized spacial score (nSPS) is 11.9. The molecule has 0 bridgehead atoms. The van der Waals surface area contributed by atoms with Crippen molar-refractivity contribution in [2.24, 2.45) is 10.9 Å². The monoisotopic (exact) mass is 277 g/mol. The molecule has 0 aliphatic carbocycles. The van der Waals surface area contributed by atoms with Gasteiger partial charge in [0.25, 0.3) is 0 Å². The maximum absolute atomic E-state index is 8.84. The molecular formula is C13H15N3O2S. The number of pyridine rings is 1. The Morgan fingerprint density at radius 2 is 2.16 bits per heavy atom. The first-order chi connectivity index (χ1) is 9.26. The molecule has 0 amide bonds. The second kappa shape index (κ2) is 6.40. The molecule has 19 heavy (non-hydrogen) atoms. The molecule has 0 fully saturated rings. The van der Waals surface area contributed by atoms with Crippen LogP contribution in [0.3, 0.4) is 0 Å². The van der Waals surface area contributed by atoms with Gasteiger partial charge in [0.2, 0.25) is 0 Å². The molecule has 2 rings (SSSR count). The van der Waals surface area contributed by atoms with Gasteiger partial charge in [0.1, 0.15) is 5.03 Å². The molecule has 1 aromatic carbocycles. The third-order valence-corrected chi connectivity index (χ3v) is 3.69. The first-order valence-corrected chi connectivity index (χ1v) is 6.86. The Hall–Kier alpha value is -1.79. The number of nitrogens with zero attached hydrogens (tertiary/aromatic N) is 2. The molecule has 2 aromatic rings. The van der Waals surface area contributed by atoms with E-state index in [2.05, 4.69) is 10.1 Å². The molecular weight excluding hydrogens is 262 g/mol. The average molecular weight is 277 g/mol. The number of rotatable bonds is 5. The van der Waals surface area contributed by atoms with E-state index in [4.69, 9.17) is 16.0 Å². The Balaban J connectivity index is 2.45. The van der Waals surface area contributed by atoms with Crippen LogP contribution in [0.2, 0.25) is 0 Å². The lowest BCUT2D eigenvalue weighted by atomic mass is 10.1. The van der Waals surface area contributed by atoms with Crippen molar-refractivity contribution < 1.29 is 10.3 Å². The van der Waals surface area contributed by atoms with Gasteiger partial charge in [0, 0.05) is 17.7 Å². The standard InChI is InChI=1S/C13H15N3O2S/c14-12(16-18)10-8-9-4-1-2-5-11(9)15-13(10)19-7-3-6-17/h1-2,4-5,8,17-18H,3,6-7H2,(H2,14,16). The second-order valence-electron chi connectivity index (χ2n) is 3.94. The summed E-state index contributed by atoms with van der Waals surface area (Å²) in [6.45, 7) is 0.138. The molecule has 0 atom stereocenters. The Labute approximate surface area is 115 Å². The number of thioether (sulfide) groups is 1. The zero-order valence-corrected chi connectivity index (χ0v) is 11.1. The summed E-state index contributed by atoms with van der Waals surface area (Å²) in [5.41, 5.74) is 7.17. The summed E-state index contributed by atoms with van der Waals surface area (Å²) in [5.74, 6) is 0.776. The highest BCUT2D eigenvalue weighted by Gasteiger charge is 2.11. The summed E-state index contributed by atoms with van der Waals surface area (Å²) in [6, 6.07) is 9.54. The second-order valence-corrected chi connectivity index (χ2v) is 5.03. The number of nitrogens with two attached hydrogens (primary N) is 1. The van der Waals surface area contributed by atoms with Crippen LogP contribution >= 0.6 is 11.8 Å². The van der Waals surface area contributed by atoms with E-state index in [1.165, 1.54) is 11.8 Å². The third kappa shape index (κ3) is 3.15. The molecule has 1 aromatic heterocycles. The summed E-state index contributed by atoms with van der Waals surface area (Å²) < 4.78 is 0. The first kappa shape index (κ1) is 13.6. The van der Waals surface area contributed by atoms with Gasteiger partial charge in [-0.15, -0.1) is 11.8 Å². The van der Waals surface area contributed by atoms with E-state index in [9.17, 15) is 0 Å². The van der Waals surface area contributed by atoms with Crippen LogP contribution in [0.5, 0.6) is 0 Å². The van der Waals surface area contributed by atoms with Crippen molar-refractivity contribution in [2.75, 3.05) is 12.4 Å². The molecule has 0 aliphatic rings. The van der Waals surface area contributed by atoms with E-state index >= 15 is 0 Å². The van der Waals surface area contributed by atoms with E-state index in [0.29, 0.717) is 17.0 Å². The van der Waals surface area contributed by atoms with E-state index in [1.54, 1.807) is 0 Å². The molecule has 0 aliphatic heterocycles. The molecule has 0 unspecified atom stereocenters. The summed E-state index contributed by atoms with van der Waals surface area (Å²) in [7, 11) is 0. The van der Waals surface area contributed by atoms with Crippen molar-refractivity contribution in [1.82, 2.24) is 4.98 Å². The van der Waals surface area contributed by atoms with E-state index in [-0.39, 0.29) is 12.4 Å². The van der Waals surface area contributed by atoms with Crippen LogP contribution in [0.25, 0.3) is 10.9 Å². The minimum atomic E-state index is 0.0461. The summed E-state index contributed by atoms with van der Waals surface area (Å²) in [6.07, 6.45) is 0.675. The van der Waals surface area contributed by atoms with Gasteiger partial charge in [-0.25, -0.2) is 4.98 Å². The SMILES string of the molecule is NC(=NO)c1cc2ccccc2nc1SCCCO. The van der Waals surface area contributed by atoms with Crippen molar-refractivity contribution in [3.8, 4) is 0 Å². The van der Waals surface area contributed by atoms with E-state index in [0.717, 1.165) is 16.7 Å². The van der Waals surface area contributed by atoms with Gasteiger partial charge >= 0.3 is 0 Å². The molecule has 0 saturated heterocycles. The van der Waals surface area contributed by atoms with E-state index in [1.807, 2.05) is 30.3 Å². The van der Waals surface area contributed by atoms with E-state index < -0.39 is 0 Å². The number of benzene rings is 1. The largest absolute Gasteiger partial charge is 0.409 e. The Morgan fingerprint density at radius 1 is 1.37 bits per heavy atom. The lowest BCUT2D eigenvalue weighted by Crippen LogP contribution is -2.15. The van der Waals surface area contributed by atoms with Crippen LogP contribution < -0.4 is 5.73 Å². The van der Waals surface area contributed by atoms with Crippen LogP contribution in [0, 0.1) is 0 Å². The zero-order valence-electron chi connectivity index (χ0n) is 10.3. The summed E-state index contributed by atoms with van der Waals surface area (Å²) >= 11 is 1.49. The third-order valence-electron chi connectivity index (χ3n) is 2.61. The number of aromatic nitrogens is 1. The van der Waals surface area contributed by atoms with Crippen molar-refractivity contribution in [3.63, 3.8) is 0 Å². The van der Waals surface area contributed by atoms with Gasteiger partial charge in [-0.1, -0.05) is 23.4 Å². The van der Waals surface area contributed by atoms with Gasteiger partial charge in [-0.05, 0) is 18.6 Å². The molecule has 100 valence electrons. The van der Waals surface area contributed by atoms with Crippen LogP contribution in [0.4, 0.5) is 0 Å². The Bertz CT molecular complexity index is 601. The fraction of sp³-hybridized carbons (Fsp3) is 0.231. The molecule has 0 radical (unpaired) electrons. The number of amidine groups is 1. The number of oxime groups is 1. The number of hydrogen-bond donors (Lipinski definition) is 3. The highest BCUT2D eigenvalue weighted by molar-refractivity contribution is 7.99. The lowest BCUT2D eigenvalue weighted by molar-refractivity contribution is 0.296. The summed E-state index contributed by atoms with van der Waals surface area (Å²) in [5, 5.41) is 22.4. The predicted octanol–water partition coefficient (Wildman–Crippen LogP) is 1.80. The molecule has 0 saturated carbocycles. The van der Waals surface area contributed by atoms with Crippen LogP contribution in [0.15, 0.2) is 40.5 Å². The van der Waals surface area contributed by atoms with Crippen molar-refractivity contribution in [1.29, 1.82) is 0 Å². The van der Waals surface area contributed by atoms with Crippen molar-refractivity contribution in [3.05, 3.63) is 35.9 Å². The number of aliphatic hydroxyl groups is 1. The minimum absolute atomic E-state index is 0.0461. The van der Waals surface area contributed by atoms with Gasteiger partial charge in [0.05, 0.1) is 11.1 Å². The minimum Gasteiger partial charge on any atom is -0.409 e. The van der Waals surface area contributed by atoms with Crippen LogP contribution in [-0.2, 0) is 0 Å². The van der Waals surface area contributed by atoms with Crippen LogP contribution in [0.1, 0.15) is 12.0 Å². The highest BCUT2D eigenvalue weighted by Crippen LogP contribution is 2.25. The van der Waals surface area contributed by atoms with Gasteiger partial charge in [0.15, 0.2) is 5.84 Å². The molecule has 0 spiro atoms. The topological polar surface area (TPSA) is 91.7 Å². The molecule has 4 N–H and O–H groups in total. The number of para-hydroxylation sites is 1. The number of aliphatic hydroxyl groups excluding tert-OH is 1. The average Bonchev–Trinajstić information content (AvgIpc) is 2.46. The van der Waals surface area contributed by atoms with Crippen molar-refractivity contribution in [2.45, 2.75) is 11.4 Å². The maximum atomic E-state index is 8.84. The fourth-order valence-electron chi connectivity index (χ4n) is 1.68. The molecule has 6 heteroatoms. The fourth-order valence-corrected chi connectivity index (χ4v) is 2.63.